The predicted molar refractivity (Wildman–Crippen MR) is 170 cm³/mol. The van der Waals surface area contributed by atoms with Crippen molar-refractivity contribution in [3.63, 3.8) is 0 Å². The van der Waals surface area contributed by atoms with E-state index < -0.39 is 22.1 Å². The third-order valence-electron chi connectivity index (χ3n) is 9.25. The number of ether oxygens (including phenoxy) is 2. The topological polar surface area (TPSA) is 74.4 Å². The number of hydrogen-bond donors (Lipinski definition) is 1. The van der Waals surface area contributed by atoms with Gasteiger partial charge in [-0.05, 0) is 67.6 Å². The number of carbonyl (C=O) groups is 1. The van der Waals surface area contributed by atoms with E-state index in [9.17, 15) is 9.00 Å². The summed E-state index contributed by atoms with van der Waals surface area (Å²) < 4.78 is 27.6. The van der Waals surface area contributed by atoms with E-state index in [0.717, 1.165) is 66.4 Å². The molecule has 2 atom stereocenters. The average molecular weight is 623 g/mol. The molecule has 8 nitrogen and oxygen atoms in total. The third kappa shape index (κ3) is 5.93. The maximum absolute atomic E-state index is 13.4. The molecule has 10 heteroatoms. The zero-order valence-corrected chi connectivity index (χ0v) is 26.3. The van der Waals surface area contributed by atoms with Gasteiger partial charge in [0, 0.05) is 49.5 Å². The van der Waals surface area contributed by atoms with Crippen molar-refractivity contribution in [2.45, 2.75) is 42.2 Å². The molecule has 0 radical (unpaired) electrons. The Morgan fingerprint density at radius 3 is 2.51 bits per heavy atom. The van der Waals surface area contributed by atoms with Crippen LogP contribution in [-0.4, -0.2) is 78.0 Å². The van der Waals surface area contributed by atoms with Gasteiger partial charge in [-0.15, -0.1) is 0 Å². The van der Waals surface area contributed by atoms with Gasteiger partial charge in [0.1, 0.15) is 27.9 Å². The minimum Gasteiger partial charge on any atom is -0.497 e. The van der Waals surface area contributed by atoms with Crippen molar-refractivity contribution < 1.29 is 18.5 Å². The standard InChI is InChI=1S/C33H39ClN4O4S/c1-25-11-12-26(21-30(25)34)33(15-18-37(23-33)43(40)29-9-4-3-5-10-29)42-20-19-36-16-13-32(14-17-36)31(39)35-24-38(32)27-7-6-8-28(22-27)41-2/h3-12,21-22H,13-20,23-24H2,1-2H3,(H,35,39). The number of amides is 1. The lowest BCUT2D eigenvalue weighted by molar-refractivity contribution is -0.125. The van der Waals surface area contributed by atoms with E-state index in [1.165, 1.54) is 0 Å². The average Bonchev–Trinajstić information content (AvgIpc) is 3.61. The summed E-state index contributed by atoms with van der Waals surface area (Å²) in [6, 6.07) is 23.6. The molecule has 3 aromatic carbocycles. The van der Waals surface area contributed by atoms with Gasteiger partial charge in [-0.25, -0.2) is 8.51 Å². The minimum atomic E-state index is -1.27. The van der Waals surface area contributed by atoms with Crippen molar-refractivity contribution in [2.75, 3.05) is 58.0 Å². The number of hydrogen-bond acceptors (Lipinski definition) is 6. The van der Waals surface area contributed by atoms with Crippen LogP contribution in [0.4, 0.5) is 5.69 Å². The molecule has 1 spiro atoms. The van der Waals surface area contributed by atoms with Crippen molar-refractivity contribution in [1.82, 2.24) is 14.5 Å². The van der Waals surface area contributed by atoms with E-state index in [1.807, 2.05) is 78.0 Å². The Labute approximate surface area is 261 Å². The van der Waals surface area contributed by atoms with E-state index in [-0.39, 0.29) is 5.91 Å². The Balaban J connectivity index is 1.12. The summed E-state index contributed by atoms with van der Waals surface area (Å²) in [5.74, 6) is 0.877. The molecule has 3 heterocycles. The van der Waals surface area contributed by atoms with Gasteiger partial charge in [0.25, 0.3) is 0 Å². The van der Waals surface area contributed by atoms with Crippen LogP contribution in [-0.2, 0) is 26.1 Å². The number of halogens is 1. The van der Waals surface area contributed by atoms with Crippen LogP contribution in [0.3, 0.4) is 0 Å². The van der Waals surface area contributed by atoms with Crippen molar-refractivity contribution in [2.24, 2.45) is 0 Å². The van der Waals surface area contributed by atoms with Gasteiger partial charge in [0.05, 0.1) is 25.3 Å². The molecule has 0 aromatic heterocycles. The smallest absolute Gasteiger partial charge is 0.247 e. The van der Waals surface area contributed by atoms with Crippen LogP contribution in [0.2, 0.25) is 5.02 Å². The van der Waals surface area contributed by atoms with Crippen LogP contribution in [0.1, 0.15) is 30.4 Å². The largest absolute Gasteiger partial charge is 0.497 e. The number of benzene rings is 3. The van der Waals surface area contributed by atoms with Crippen molar-refractivity contribution in [3.05, 3.63) is 88.9 Å². The highest BCUT2D eigenvalue weighted by molar-refractivity contribution is 7.82. The highest BCUT2D eigenvalue weighted by Gasteiger charge is 2.50. The lowest BCUT2D eigenvalue weighted by Crippen LogP contribution is -2.56. The van der Waals surface area contributed by atoms with Gasteiger partial charge < -0.3 is 24.6 Å². The summed E-state index contributed by atoms with van der Waals surface area (Å²) in [7, 11) is 0.390. The molecule has 3 aliphatic rings. The van der Waals surface area contributed by atoms with Gasteiger partial charge in [0.2, 0.25) is 5.91 Å². The molecule has 1 amide bonds. The molecule has 3 fully saturated rings. The number of nitrogens with one attached hydrogen (secondary N) is 1. The van der Waals surface area contributed by atoms with Gasteiger partial charge in [-0.3, -0.25) is 4.79 Å². The number of piperidine rings is 1. The number of anilines is 1. The number of carbonyl (C=O) groups excluding carboxylic acids is 1. The lowest BCUT2D eigenvalue weighted by atomic mass is 9.85. The monoisotopic (exact) mass is 622 g/mol. The van der Waals surface area contributed by atoms with Crippen molar-refractivity contribution >= 4 is 34.2 Å². The Kier molecular flexibility index (Phi) is 8.80. The molecule has 3 aliphatic heterocycles. The quantitative estimate of drug-likeness (QED) is 0.372. The second-order valence-corrected chi connectivity index (χ2v) is 13.5. The van der Waals surface area contributed by atoms with E-state index in [1.54, 1.807) is 7.11 Å². The predicted octanol–water partition coefficient (Wildman–Crippen LogP) is 4.73. The van der Waals surface area contributed by atoms with E-state index in [4.69, 9.17) is 21.1 Å². The normalized spacial score (nSPS) is 23.0. The molecule has 43 heavy (non-hydrogen) atoms. The fourth-order valence-electron chi connectivity index (χ4n) is 6.61. The lowest BCUT2D eigenvalue weighted by Gasteiger charge is -2.43. The highest BCUT2D eigenvalue weighted by atomic mass is 35.5. The SMILES string of the molecule is COc1cccc(N2CNC(=O)C23CCN(CCOC2(c4ccc(C)c(Cl)c4)CCN(S(=O)c4ccccc4)C2)CC3)c1. The zero-order valence-electron chi connectivity index (χ0n) is 24.8. The Hall–Kier alpha value is -2.95. The molecule has 0 saturated carbocycles. The first-order valence-electron chi connectivity index (χ1n) is 14.9. The molecular weight excluding hydrogens is 584 g/mol. The number of nitrogens with zero attached hydrogens (tertiary/aromatic N) is 3. The van der Waals surface area contributed by atoms with Crippen molar-refractivity contribution in [3.8, 4) is 5.75 Å². The molecular formula is C33H39ClN4O4S. The Morgan fingerprint density at radius 1 is 0.977 bits per heavy atom. The van der Waals surface area contributed by atoms with Crippen LogP contribution in [0.15, 0.2) is 77.7 Å². The van der Waals surface area contributed by atoms with Gasteiger partial charge in [-0.2, -0.15) is 0 Å². The molecule has 3 aromatic rings. The number of aryl methyl sites for hydroxylation is 1. The van der Waals surface area contributed by atoms with Crippen LogP contribution >= 0.6 is 11.6 Å². The van der Waals surface area contributed by atoms with Crippen LogP contribution in [0.5, 0.6) is 5.75 Å². The summed E-state index contributed by atoms with van der Waals surface area (Å²) in [5, 5.41) is 3.79. The summed E-state index contributed by atoms with van der Waals surface area (Å²) in [4.78, 5) is 18.5. The Morgan fingerprint density at radius 2 is 1.77 bits per heavy atom. The molecule has 1 N–H and O–H groups in total. The maximum Gasteiger partial charge on any atom is 0.247 e. The van der Waals surface area contributed by atoms with E-state index >= 15 is 0 Å². The van der Waals surface area contributed by atoms with Crippen LogP contribution in [0, 0.1) is 6.92 Å². The molecule has 0 bridgehead atoms. The number of methoxy groups -OCH3 is 1. The molecule has 0 aliphatic carbocycles. The first kappa shape index (κ1) is 30.1. The van der Waals surface area contributed by atoms with E-state index in [0.29, 0.717) is 31.4 Å². The number of likely N-dealkylation sites (tertiary alicyclic amines) is 1. The third-order valence-corrected chi connectivity index (χ3v) is 11.1. The van der Waals surface area contributed by atoms with Crippen LogP contribution in [0.25, 0.3) is 0 Å². The van der Waals surface area contributed by atoms with E-state index in [2.05, 4.69) is 21.2 Å². The summed E-state index contributed by atoms with van der Waals surface area (Å²) in [6.45, 7) is 6.54. The molecule has 228 valence electrons. The van der Waals surface area contributed by atoms with Gasteiger partial charge >= 0.3 is 0 Å². The summed E-state index contributed by atoms with van der Waals surface area (Å²) in [5.41, 5.74) is 1.87. The number of rotatable bonds is 9. The fraction of sp³-hybridized carbons (Fsp3) is 0.424. The van der Waals surface area contributed by atoms with Gasteiger partial charge in [-0.1, -0.05) is 48.0 Å². The first-order chi connectivity index (χ1) is 20.8. The minimum absolute atomic E-state index is 0.0962. The second kappa shape index (κ2) is 12.6. The molecule has 2 unspecified atom stereocenters. The zero-order chi connectivity index (χ0) is 30.0. The second-order valence-electron chi connectivity index (χ2n) is 11.6. The maximum atomic E-state index is 13.4. The molecule has 6 rings (SSSR count). The Bertz CT molecular complexity index is 1480. The van der Waals surface area contributed by atoms with Crippen molar-refractivity contribution in [1.29, 1.82) is 0 Å². The first-order valence-corrected chi connectivity index (χ1v) is 16.4. The highest BCUT2D eigenvalue weighted by Crippen LogP contribution is 2.40. The van der Waals surface area contributed by atoms with Gasteiger partial charge in [0.15, 0.2) is 0 Å². The fourth-order valence-corrected chi connectivity index (χ4v) is 8.06. The summed E-state index contributed by atoms with van der Waals surface area (Å²) >= 11 is 6.57. The van der Waals surface area contributed by atoms with Crippen LogP contribution < -0.4 is 15.0 Å². The molecule has 3 saturated heterocycles. The summed E-state index contributed by atoms with van der Waals surface area (Å²) in [6.07, 6.45) is 2.20.